The predicted molar refractivity (Wildman–Crippen MR) is 47.4 cm³/mol. The second-order valence-corrected chi connectivity index (χ2v) is 4.18. The Hall–Kier alpha value is -1.45. The Morgan fingerprint density at radius 2 is 2.00 bits per heavy atom. The van der Waals surface area contributed by atoms with Gasteiger partial charge in [0.2, 0.25) is 0 Å². The number of hydrogen-bond acceptors (Lipinski definition) is 1. The number of aliphatic carboxylic acids is 1. The lowest BCUT2D eigenvalue weighted by Gasteiger charge is -2.07. The molecule has 1 aromatic rings. The van der Waals surface area contributed by atoms with Crippen molar-refractivity contribution in [3.05, 3.63) is 34.9 Å². The van der Waals surface area contributed by atoms with Crippen molar-refractivity contribution in [2.45, 2.75) is 12.3 Å². The van der Waals surface area contributed by atoms with Crippen molar-refractivity contribution in [2.75, 3.05) is 0 Å². The molecule has 2 nitrogen and oxygen atoms in total. The fourth-order valence-corrected chi connectivity index (χ4v) is 2.77. The molecule has 1 fully saturated rings. The third kappa shape index (κ3) is 0.991. The van der Waals surface area contributed by atoms with E-state index in [2.05, 4.69) is 0 Å². The normalized spacial score (nSPS) is 30.9. The van der Waals surface area contributed by atoms with Crippen molar-refractivity contribution in [1.82, 2.24) is 0 Å². The van der Waals surface area contributed by atoms with Gasteiger partial charge in [0, 0.05) is 5.92 Å². The van der Waals surface area contributed by atoms with E-state index in [1.807, 2.05) is 0 Å². The summed E-state index contributed by atoms with van der Waals surface area (Å²) in [4.78, 5) is 10.8. The van der Waals surface area contributed by atoms with E-state index >= 15 is 0 Å². The van der Waals surface area contributed by atoms with Crippen LogP contribution in [0.15, 0.2) is 12.1 Å². The fourth-order valence-electron chi connectivity index (χ4n) is 2.77. The van der Waals surface area contributed by atoms with Gasteiger partial charge in [-0.3, -0.25) is 4.79 Å². The highest BCUT2D eigenvalue weighted by atomic mass is 19.1. The Morgan fingerprint density at radius 1 is 1.33 bits per heavy atom. The van der Waals surface area contributed by atoms with Gasteiger partial charge in [0.25, 0.3) is 0 Å². The molecular formula is C11H8F2O2. The SMILES string of the molecule is O=C(O)C1C2Cc3c(F)ccc(F)c3C21. The summed E-state index contributed by atoms with van der Waals surface area (Å²) in [5, 5.41) is 8.83. The van der Waals surface area contributed by atoms with Crippen LogP contribution in [0.5, 0.6) is 0 Å². The number of carbonyl (C=O) groups is 1. The van der Waals surface area contributed by atoms with Crippen LogP contribution in [-0.2, 0) is 11.2 Å². The van der Waals surface area contributed by atoms with E-state index in [1.54, 1.807) is 0 Å². The molecule has 3 atom stereocenters. The Labute approximate surface area is 84.5 Å². The van der Waals surface area contributed by atoms with E-state index in [-0.39, 0.29) is 11.8 Å². The highest BCUT2D eigenvalue weighted by molar-refractivity contribution is 5.77. The van der Waals surface area contributed by atoms with Gasteiger partial charge in [-0.05, 0) is 35.6 Å². The molecule has 0 bridgehead atoms. The molecule has 3 rings (SSSR count). The van der Waals surface area contributed by atoms with Crippen LogP contribution in [0.4, 0.5) is 8.78 Å². The van der Waals surface area contributed by atoms with Crippen LogP contribution in [-0.4, -0.2) is 11.1 Å². The molecule has 1 N–H and O–H groups in total. The summed E-state index contributed by atoms with van der Waals surface area (Å²) in [6, 6.07) is 2.18. The second-order valence-electron chi connectivity index (χ2n) is 4.18. The van der Waals surface area contributed by atoms with Crippen molar-refractivity contribution in [3.8, 4) is 0 Å². The third-order valence-corrected chi connectivity index (χ3v) is 3.47. The van der Waals surface area contributed by atoms with Gasteiger partial charge in [-0.15, -0.1) is 0 Å². The van der Waals surface area contributed by atoms with E-state index in [9.17, 15) is 13.6 Å². The van der Waals surface area contributed by atoms with Gasteiger partial charge in [-0.2, -0.15) is 0 Å². The summed E-state index contributed by atoms with van der Waals surface area (Å²) in [6.07, 6.45) is 0.362. The lowest BCUT2D eigenvalue weighted by atomic mass is 10.0. The Morgan fingerprint density at radius 3 is 2.67 bits per heavy atom. The van der Waals surface area contributed by atoms with E-state index in [4.69, 9.17) is 5.11 Å². The molecule has 0 heterocycles. The highest BCUT2D eigenvalue weighted by Gasteiger charge is 2.61. The summed E-state index contributed by atoms with van der Waals surface area (Å²) >= 11 is 0. The van der Waals surface area contributed by atoms with Gasteiger partial charge in [0.1, 0.15) is 11.6 Å². The lowest BCUT2D eigenvalue weighted by Crippen LogP contribution is -2.07. The van der Waals surface area contributed by atoms with Crippen LogP contribution in [0.2, 0.25) is 0 Å². The van der Waals surface area contributed by atoms with Gasteiger partial charge in [-0.1, -0.05) is 0 Å². The van der Waals surface area contributed by atoms with Crippen molar-refractivity contribution in [1.29, 1.82) is 0 Å². The van der Waals surface area contributed by atoms with Crippen LogP contribution in [0.3, 0.4) is 0 Å². The Bertz CT molecular complexity index is 470. The van der Waals surface area contributed by atoms with Gasteiger partial charge in [-0.25, -0.2) is 8.78 Å². The molecule has 78 valence electrons. The van der Waals surface area contributed by atoms with E-state index in [0.717, 1.165) is 12.1 Å². The number of fused-ring (bicyclic) bond motifs is 3. The summed E-state index contributed by atoms with van der Waals surface area (Å²) < 4.78 is 26.7. The molecule has 4 heteroatoms. The fraction of sp³-hybridized carbons (Fsp3) is 0.364. The van der Waals surface area contributed by atoms with Gasteiger partial charge in [0.05, 0.1) is 5.92 Å². The molecule has 15 heavy (non-hydrogen) atoms. The minimum atomic E-state index is -0.903. The molecule has 2 aliphatic carbocycles. The molecule has 0 aromatic heterocycles. The maximum absolute atomic E-state index is 13.4. The summed E-state index contributed by atoms with van der Waals surface area (Å²) in [5.41, 5.74) is 0.676. The quantitative estimate of drug-likeness (QED) is 0.769. The number of benzene rings is 1. The first-order chi connectivity index (χ1) is 7.11. The zero-order valence-electron chi connectivity index (χ0n) is 7.71. The zero-order chi connectivity index (χ0) is 10.7. The van der Waals surface area contributed by atoms with Crippen LogP contribution >= 0.6 is 0 Å². The maximum Gasteiger partial charge on any atom is 0.307 e. The van der Waals surface area contributed by atoms with Crippen molar-refractivity contribution < 1.29 is 18.7 Å². The number of rotatable bonds is 1. The van der Waals surface area contributed by atoms with Gasteiger partial charge in [0.15, 0.2) is 0 Å². The average molecular weight is 210 g/mol. The van der Waals surface area contributed by atoms with E-state index in [1.165, 1.54) is 0 Å². The number of carboxylic acids is 1. The molecular weight excluding hydrogens is 202 g/mol. The molecule has 0 saturated heterocycles. The first-order valence-corrected chi connectivity index (χ1v) is 4.81. The third-order valence-electron chi connectivity index (χ3n) is 3.47. The minimum Gasteiger partial charge on any atom is -0.481 e. The number of hydrogen-bond donors (Lipinski definition) is 1. The molecule has 0 amide bonds. The molecule has 3 unspecified atom stereocenters. The average Bonchev–Trinajstić information content (AvgIpc) is 2.75. The van der Waals surface area contributed by atoms with Crippen LogP contribution in [0, 0.1) is 23.5 Å². The predicted octanol–water partition coefficient (Wildman–Crippen LogP) is 1.94. The Balaban J connectivity index is 2.09. The molecule has 0 aliphatic heterocycles. The van der Waals surface area contributed by atoms with E-state index in [0.29, 0.717) is 17.5 Å². The Kier molecular flexibility index (Phi) is 1.51. The molecule has 0 spiro atoms. The first-order valence-electron chi connectivity index (χ1n) is 4.81. The topological polar surface area (TPSA) is 37.3 Å². The summed E-state index contributed by atoms with van der Waals surface area (Å²) in [5.74, 6) is -2.68. The minimum absolute atomic E-state index is 0.0936. The van der Waals surface area contributed by atoms with Crippen LogP contribution < -0.4 is 0 Å². The standard InChI is InChI=1S/C11H8F2O2/c12-6-1-2-7(13)8-4(6)3-5-9(8)10(5)11(14)15/h1-2,5,9-10H,3H2,(H,14,15). The van der Waals surface area contributed by atoms with Crippen LogP contribution in [0.1, 0.15) is 17.0 Å². The van der Waals surface area contributed by atoms with Crippen molar-refractivity contribution in [3.63, 3.8) is 0 Å². The zero-order valence-corrected chi connectivity index (χ0v) is 7.71. The second kappa shape index (κ2) is 2.56. The molecule has 1 aromatic carbocycles. The number of halogens is 2. The monoisotopic (exact) mass is 210 g/mol. The van der Waals surface area contributed by atoms with Crippen LogP contribution in [0.25, 0.3) is 0 Å². The first kappa shape index (κ1) is 8.83. The summed E-state index contributed by atoms with van der Waals surface area (Å²) in [6.45, 7) is 0. The van der Waals surface area contributed by atoms with Gasteiger partial charge < -0.3 is 5.11 Å². The van der Waals surface area contributed by atoms with E-state index < -0.39 is 23.5 Å². The summed E-state index contributed by atoms with van der Waals surface area (Å²) in [7, 11) is 0. The number of carboxylic acid groups (broad SMARTS) is 1. The lowest BCUT2D eigenvalue weighted by molar-refractivity contribution is -0.139. The van der Waals surface area contributed by atoms with Crippen molar-refractivity contribution in [2.24, 2.45) is 11.8 Å². The smallest absolute Gasteiger partial charge is 0.307 e. The highest BCUT2D eigenvalue weighted by Crippen LogP contribution is 2.62. The maximum atomic E-state index is 13.4. The largest absolute Gasteiger partial charge is 0.481 e. The van der Waals surface area contributed by atoms with Crippen molar-refractivity contribution >= 4 is 5.97 Å². The molecule has 1 saturated carbocycles. The molecule has 0 radical (unpaired) electrons. The molecule has 2 aliphatic rings. The van der Waals surface area contributed by atoms with Gasteiger partial charge >= 0.3 is 5.97 Å².